The molecule has 0 spiro atoms. The minimum atomic E-state index is -0.510. The van der Waals surface area contributed by atoms with Gasteiger partial charge >= 0.3 is 0 Å². The lowest BCUT2D eigenvalue weighted by Crippen LogP contribution is -2.27. The zero-order valence-corrected chi connectivity index (χ0v) is 15.8. The van der Waals surface area contributed by atoms with Crippen LogP contribution in [0.3, 0.4) is 0 Å². The average Bonchev–Trinajstić information content (AvgIpc) is 2.61. The van der Waals surface area contributed by atoms with Crippen molar-refractivity contribution in [2.75, 3.05) is 31.6 Å². The number of nitrogens with one attached hydrogen (secondary N) is 2. The Morgan fingerprint density at radius 3 is 2.04 bits per heavy atom. The van der Waals surface area contributed by atoms with Crippen LogP contribution in [0.1, 0.15) is 31.8 Å². The molecule has 1 aliphatic rings. The van der Waals surface area contributed by atoms with Crippen LogP contribution in [-0.2, 0) is 0 Å². The molecule has 0 saturated carbocycles. The molecule has 0 aliphatic heterocycles. The topological polar surface area (TPSA) is 119 Å². The number of hydrogen-bond acceptors (Lipinski definition) is 7. The molecule has 7 nitrogen and oxygen atoms in total. The highest BCUT2D eigenvalue weighted by atomic mass is 35.5. The summed E-state index contributed by atoms with van der Waals surface area (Å²) in [5.74, 6) is -1.68. The number of hydrogen-bond donors (Lipinski definition) is 5. The number of phenolic OH excluding ortho intramolecular Hbond substituents is 2. The number of fused-ring (bicyclic) bond motifs is 2. The van der Waals surface area contributed by atoms with Gasteiger partial charge in [0.2, 0.25) is 0 Å². The molecule has 2 aromatic rings. The van der Waals surface area contributed by atoms with Gasteiger partial charge in [-0.2, -0.15) is 0 Å². The monoisotopic (exact) mass is 414 g/mol. The van der Waals surface area contributed by atoms with E-state index in [-0.39, 0.29) is 65.2 Å². The smallest absolute Gasteiger partial charge is 0.200 e. The second kappa shape index (κ2) is 9.57. The Kier molecular flexibility index (Phi) is 8.05. The number of aliphatic hydroxyl groups is 1. The number of benzene rings is 2. The largest absolute Gasteiger partial charge is 0.507 e. The molecule has 0 unspecified atom stereocenters. The van der Waals surface area contributed by atoms with Gasteiger partial charge in [-0.3, -0.25) is 9.59 Å². The Morgan fingerprint density at radius 2 is 1.41 bits per heavy atom. The lowest BCUT2D eigenvalue weighted by atomic mass is 9.82. The fourth-order valence-electron chi connectivity index (χ4n) is 2.92. The van der Waals surface area contributed by atoms with Crippen molar-refractivity contribution in [1.82, 2.24) is 5.32 Å². The van der Waals surface area contributed by atoms with Gasteiger partial charge in [0.05, 0.1) is 23.3 Å². The minimum Gasteiger partial charge on any atom is -0.507 e. The molecule has 5 N–H and O–H groups in total. The van der Waals surface area contributed by atoms with Crippen LogP contribution in [-0.4, -0.2) is 53.1 Å². The molecule has 0 amide bonds. The quantitative estimate of drug-likeness (QED) is 0.307. The molecule has 3 rings (SSSR count). The highest BCUT2D eigenvalue weighted by Gasteiger charge is 2.35. The molecule has 0 fully saturated rings. The number of rotatable bonds is 6. The summed E-state index contributed by atoms with van der Waals surface area (Å²) in [5.41, 5.74) is 0.509. The molecule has 0 saturated heterocycles. The number of aromatic hydroxyl groups is 2. The van der Waals surface area contributed by atoms with E-state index >= 15 is 0 Å². The van der Waals surface area contributed by atoms with E-state index in [2.05, 4.69) is 10.6 Å². The van der Waals surface area contributed by atoms with Gasteiger partial charge in [0.1, 0.15) is 11.5 Å². The third kappa shape index (κ3) is 4.17. The first kappa shape index (κ1) is 22.7. The molecule has 2 aromatic carbocycles. The number of carbonyl (C=O) groups excluding carboxylic acids is 2. The summed E-state index contributed by atoms with van der Waals surface area (Å²) in [6, 6.07) is 7.24. The van der Waals surface area contributed by atoms with Crippen LogP contribution in [0.2, 0.25) is 0 Å². The second-order valence-corrected chi connectivity index (χ2v) is 5.64. The standard InChI is InChI=1S/C18H18N2O5.2ClH/c21-9-8-19-6-7-20-11-3-1-2-10-14(11)18(25)16-13(23)5-4-12(22)15(16)17(10)24;;/h1-5,19-23H,6-9H2;2*1H. The summed E-state index contributed by atoms with van der Waals surface area (Å²) in [4.78, 5) is 25.6. The van der Waals surface area contributed by atoms with Gasteiger partial charge in [0, 0.05) is 30.9 Å². The van der Waals surface area contributed by atoms with E-state index in [9.17, 15) is 19.8 Å². The van der Waals surface area contributed by atoms with Gasteiger partial charge < -0.3 is 26.0 Å². The normalized spacial score (nSPS) is 11.7. The third-order valence-corrected chi connectivity index (χ3v) is 4.06. The molecule has 0 heterocycles. The Balaban J connectivity index is 0.00000182. The van der Waals surface area contributed by atoms with Crippen molar-refractivity contribution < 1.29 is 24.9 Å². The van der Waals surface area contributed by atoms with Crippen LogP contribution in [0.5, 0.6) is 11.5 Å². The molecule has 146 valence electrons. The van der Waals surface area contributed by atoms with Crippen LogP contribution >= 0.6 is 24.8 Å². The maximum Gasteiger partial charge on any atom is 0.200 e. The molecule has 27 heavy (non-hydrogen) atoms. The fourth-order valence-corrected chi connectivity index (χ4v) is 2.92. The Hall–Kier alpha value is -2.32. The van der Waals surface area contributed by atoms with Gasteiger partial charge in [0.15, 0.2) is 11.6 Å². The molecule has 9 heteroatoms. The lowest BCUT2D eigenvalue weighted by Gasteiger charge is -2.22. The summed E-state index contributed by atoms with van der Waals surface area (Å²) in [7, 11) is 0. The summed E-state index contributed by atoms with van der Waals surface area (Å²) in [6.07, 6.45) is 0. The Bertz CT molecular complexity index is 858. The molecular weight excluding hydrogens is 395 g/mol. The predicted octanol–water partition coefficient (Wildman–Crippen LogP) is 1.71. The molecule has 0 radical (unpaired) electrons. The van der Waals surface area contributed by atoms with Gasteiger partial charge in [-0.25, -0.2) is 0 Å². The van der Waals surface area contributed by atoms with Gasteiger partial charge in [-0.05, 0) is 18.2 Å². The highest BCUT2D eigenvalue weighted by Crippen LogP contribution is 2.39. The molecule has 0 atom stereocenters. The number of phenols is 2. The first-order chi connectivity index (χ1) is 12.1. The van der Waals surface area contributed by atoms with E-state index < -0.39 is 11.6 Å². The SMILES string of the molecule is Cl.Cl.O=C1c2cccc(NCCNCCO)c2C(=O)c2c(O)ccc(O)c21. The number of ketones is 2. The summed E-state index contributed by atoms with van der Waals surface area (Å²) < 4.78 is 0. The van der Waals surface area contributed by atoms with Crippen LogP contribution in [0, 0.1) is 0 Å². The molecule has 0 bridgehead atoms. The Morgan fingerprint density at radius 1 is 0.778 bits per heavy atom. The fraction of sp³-hybridized carbons (Fsp3) is 0.222. The summed E-state index contributed by atoms with van der Waals surface area (Å²) >= 11 is 0. The number of aliphatic hydroxyl groups excluding tert-OH is 1. The van der Waals surface area contributed by atoms with E-state index in [1.165, 1.54) is 18.2 Å². The molecule has 1 aliphatic carbocycles. The van der Waals surface area contributed by atoms with E-state index in [4.69, 9.17) is 5.11 Å². The van der Waals surface area contributed by atoms with E-state index in [0.29, 0.717) is 25.3 Å². The van der Waals surface area contributed by atoms with Gasteiger partial charge in [0.25, 0.3) is 0 Å². The first-order valence-corrected chi connectivity index (χ1v) is 7.89. The van der Waals surface area contributed by atoms with Crippen LogP contribution < -0.4 is 10.6 Å². The van der Waals surface area contributed by atoms with Crippen molar-refractivity contribution in [2.45, 2.75) is 0 Å². The Labute approximate surface area is 168 Å². The van der Waals surface area contributed by atoms with Crippen LogP contribution in [0.15, 0.2) is 30.3 Å². The highest BCUT2D eigenvalue weighted by molar-refractivity contribution is 6.31. The second-order valence-electron chi connectivity index (χ2n) is 5.64. The number of carbonyl (C=O) groups is 2. The zero-order chi connectivity index (χ0) is 18.0. The number of halogens is 2. The average molecular weight is 415 g/mol. The zero-order valence-electron chi connectivity index (χ0n) is 14.2. The van der Waals surface area contributed by atoms with Crippen molar-refractivity contribution in [1.29, 1.82) is 0 Å². The van der Waals surface area contributed by atoms with Gasteiger partial charge in [-0.1, -0.05) is 12.1 Å². The van der Waals surface area contributed by atoms with E-state index in [1.807, 2.05) is 0 Å². The summed E-state index contributed by atoms with van der Waals surface area (Å²) in [6.45, 7) is 1.55. The maximum atomic E-state index is 12.9. The van der Waals surface area contributed by atoms with E-state index in [0.717, 1.165) is 0 Å². The van der Waals surface area contributed by atoms with Crippen molar-refractivity contribution in [3.8, 4) is 11.5 Å². The molecular formula is C18H20Cl2N2O5. The lowest BCUT2D eigenvalue weighted by molar-refractivity contribution is 0.0974. The predicted molar refractivity (Wildman–Crippen MR) is 106 cm³/mol. The van der Waals surface area contributed by atoms with Crippen LogP contribution in [0.25, 0.3) is 0 Å². The maximum absolute atomic E-state index is 12.9. The third-order valence-electron chi connectivity index (χ3n) is 4.06. The van der Waals surface area contributed by atoms with Crippen molar-refractivity contribution >= 4 is 42.1 Å². The first-order valence-electron chi connectivity index (χ1n) is 7.89. The van der Waals surface area contributed by atoms with E-state index in [1.54, 1.807) is 12.1 Å². The van der Waals surface area contributed by atoms with Crippen molar-refractivity contribution in [2.24, 2.45) is 0 Å². The van der Waals surface area contributed by atoms with Crippen molar-refractivity contribution in [3.05, 3.63) is 52.6 Å². The van der Waals surface area contributed by atoms with Crippen molar-refractivity contribution in [3.63, 3.8) is 0 Å². The minimum absolute atomic E-state index is 0. The molecule has 0 aromatic heterocycles. The van der Waals surface area contributed by atoms with Gasteiger partial charge in [-0.15, -0.1) is 24.8 Å². The number of anilines is 1. The summed E-state index contributed by atoms with van der Waals surface area (Å²) in [5, 5.41) is 34.8. The van der Waals surface area contributed by atoms with Crippen LogP contribution in [0.4, 0.5) is 5.69 Å².